The van der Waals surface area contributed by atoms with E-state index in [9.17, 15) is 24.8 Å². The van der Waals surface area contributed by atoms with Gasteiger partial charge in [0.15, 0.2) is 0 Å². The molecule has 3 fully saturated rings. The number of hydrogen-bond acceptors (Lipinski definition) is 6. The van der Waals surface area contributed by atoms with Crippen LogP contribution in [0.25, 0.3) is 0 Å². The Morgan fingerprint density at radius 1 is 1.10 bits per heavy atom. The highest BCUT2D eigenvalue weighted by Crippen LogP contribution is 2.49. The summed E-state index contributed by atoms with van der Waals surface area (Å²) in [6.45, 7) is 10.0. The maximum atomic E-state index is 13.7. The lowest BCUT2D eigenvalue weighted by molar-refractivity contribution is -0.150. The molecule has 3 saturated carbocycles. The van der Waals surface area contributed by atoms with Crippen LogP contribution in [-0.2, 0) is 9.59 Å². The van der Waals surface area contributed by atoms with Gasteiger partial charge in [0.25, 0.3) is 5.91 Å². The average Bonchev–Trinajstić information content (AvgIpc) is 3.51. The number of amides is 2. The summed E-state index contributed by atoms with van der Waals surface area (Å²) in [4.78, 5) is 38.7. The molecule has 4 rings (SSSR count). The number of benzene rings is 1. The minimum atomic E-state index is -0.812. The zero-order valence-corrected chi connectivity index (χ0v) is 24.5. The number of nitrogens with zero attached hydrogens (tertiary/aromatic N) is 1. The molecule has 3 aliphatic rings. The summed E-state index contributed by atoms with van der Waals surface area (Å²) in [5.41, 5.74) is -0.374. The summed E-state index contributed by atoms with van der Waals surface area (Å²) in [5.74, 6) is -0.472. The van der Waals surface area contributed by atoms with Crippen LogP contribution in [0, 0.1) is 39.9 Å². The Morgan fingerprint density at radius 2 is 1.75 bits per heavy atom. The maximum Gasteiger partial charge on any atom is 0.309 e. The number of carboxylic acid groups (broad SMARTS) is 1. The van der Waals surface area contributed by atoms with E-state index in [0.29, 0.717) is 25.7 Å². The zero-order valence-electron chi connectivity index (χ0n) is 24.5. The molecule has 5 atom stereocenters. The second kappa shape index (κ2) is 11.3. The number of ether oxygens (including phenoxy) is 2. The van der Waals surface area contributed by atoms with Crippen molar-refractivity contribution in [2.75, 3.05) is 7.11 Å². The minimum Gasteiger partial charge on any atom is -0.496 e. The molecule has 40 heavy (non-hydrogen) atoms. The molecule has 0 aromatic heterocycles. The van der Waals surface area contributed by atoms with Crippen LogP contribution in [0.1, 0.15) is 95.5 Å². The predicted octanol–water partition coefficient (Wildman–Crippen LogP) is 4.67. The van der Waals surface area contributed by atoms with E-state index >= 15 is 0 Å². The van der Waals surface area contributed by atoms with Crippen LogP contribution in [0.3, 0.4) is 0 Å². The molecule has 1 aromatic rings. The number of carboxylic acids is 1. The van der Waals surface area contributed by atoms with E-state index in [1.54, 1.807) is 13.0 Å². The summed E-state index contributed by atoms with van der Waals surface area (Å²) in [7, 11) is 1.45. The molecule has 9 heteroatoms. The Balaban J connectivity index is 1.53. The molecule has 9 nitrogen and oxygen atoms in total. The summed E-state index contributed by atoms with van der Waals surface area (Å²) in [6.07, 6.45) is 4.64. The van der Waals surface area contributed by atoms with E-state index in [2.05, 4.69) is 37.5 Å². The third-order valence-corrected chi connectivity index (χ3v) is 9.69. The first kappa shape index (κ1) is 29.7. The van der Waals surface area contributed by atoms with Gasteiger partial charge in [-0.2, -0.15) is 5.26 Å². The average molecular weight is 554 g/mol. The number of methoxy groups -OCH3 is 1. The van der Waals surface area contributed by atoms with Gasteiger partial charge in [-0.1, -0.05) is 20.8 Å². The number of nitriles is 1. The largest absolute Gasteiger partial charge is 0.496 e. The Kier molecular flexibility index (Phi) is 8.39. The number of carbonyl (C=O) groups is 3. The van der Waals surface area contributed by atoms with Gasteiger partial charge in [0, 0.05) is 18.2 Å². The Bertz CT molecular complexity index is 1190. The molecule has 2 amide bonds. The van der Waals surface area contributed by atoms with Gasteiger partial charge in [-0.05, 0) is 82.1 Å². The van der Waals surface area contributed by atoms with Crippen molar-refractivity contribution < 1.29 is 29.0 Å². The van der Waals surface area contributed by atoms with Crippen molar-refractivity contribution in [2.45, 2.75) is 97.8 Å². The fraction of sp³-hybridized carbons (Fsp3) is 0.677. The summed E-state index contributed by atoms with van der Waals surface area (Å²) in [6, 6.07) is 4.88. The standard InChI is InChI=1S/C31H43N3O6/c1-17(30(2,3)4)33-28(36)25-18-7-8-19(13-18)26(25)34-27(35)22-15-23(20(16-32)14-24(22)39-6)40-21-9-11-31(5,12-10-21)29(37)38/h14-15,17-19,21,25-26H,7-13H2,1-6H3,(H,33,36)(H,34,35)(H,37,38)/t17-,18+,19-,21?,25-,26+,31?/m0/s1. The third kappa shape index (κ3) is 5.91. The van der Waals surface area contributed by atoms with Crippen molar-refractivity contribution in [3.8, 4) is 17.6 Å². The lowest BCUT2D eigenvalue weighted by Crippen LogP contribution is -2.52. The quantitative estimate of drug-likeness (QED) is 0.425. The molecular formula is C31H43N3O6. The molecule has 1 aromatic carbocycles. The van der Waals surface area contributed by atoms with Crippen molar-refractivity contribution in [1.29, 1.82) is 5.26 Å². The fourth-order valence-electron chi connectivity index (χ4n) is 6.46. The summed E-state index contributed by atoms with van der Waals surface area (Å²) < 4.78 is 11.7. The molecule has 3 N–H and O–H groups in total. The van der Waals surface area contributed by atoms with E-state index in [4.69, 9.17) is 9.47 Å². The second-order valence-electron chi connectivity index (χ2n) is 13.3. The lowest BCUT2D eigenvalue weighted by Gasteiger charge is -2.35. The predicted molar refractivity (Wildman–Crippen MR) is 149 cm³/mol. The van der Waals surface area contributed by atoms with Gasteiger partial charge in [0.2, 0.25) is 5.91 Å². The highest BCUT2D eigenvalue weighted by molar-refractivity contribution is 5.98. The van der Waals surface area contributed by atoms with Crippen molar-refractivity contribution in [3.05, 3.63) is 23.3 Å². The van der Waals surface area contributed by atoms with Crippen molar-refractivity contribution >= 4 is 17.8 Å². The van der Waals surface area contributed by atoms with Gasteiger partial charge in [-0.15, -0.1) is 0 Å². The van der Waals surface area contributed by atoms with Crippen LogP contribution in [0.4, 0.5) is 0 Å². The zero-order chi connectivity index (χ0) is 29.4. The number of carbonyl (C=O) groups excluding carboxylic acids is 2. The fourth-order valence-corrected chi connectivity index (χ4v) is 6.46. The minimum absolute atomic E-state index is 0.0121. The van der Waals surface area contributed by atoms with E-state index in [-0.39, 0.29) is 75.8 Å². The molecule has 218 valence electrons. The molecule has 0 aliphatic heterocycles. The second-order valence-corrected chi connectivity index (χ2v) is 13.3. The molecule has 3 aliphatic carbocycles. The number of aliphatic carboxylic acids is 1. The Labute approximate surface area is 237 Å². The van der Waals surface area contributed by atoms with Crippen molar-refractivity contribution in [3.63, 3.8) is 0 Å². The first-order chi connectivity index (χ1) is 18.8. The van der Waals surface area contributed by atoms with Crippen LogP contribution in [-0.4, -0.2) is 48.2 Å². The highest BCUT2D eigenvalue weighted by atomic mass is 16.5. The number of rotatable bonds is 8. The number of fused-ring (bicyclic) bond motifs is 2. The van der Waals surface area contributed by atoms with E-state index in [0.717, 1.165) is 19.3 Å². The SMILES string of the molecule is COc1cc(C#N)c(OC2CCC(C)(C(=O)O)CC2)cc1C(=O)N[C@@H]1[C@H]2CC[C@H](C2)[C@@H]1C(=O)N[C@@H](C)C(C)(C)C. The summed E-state index contributed by atoms with van der Waals surface area (Å²) >= 11 is 0. The molecule has 0 saturated heterocycles. The van der Waals surface area contributed by atoms with Gasteiger partial charge in [0.05, 0.1) is 35.7 Å². The summed E-state index contributed by atoms with van der Waals surface area (Å²) in [5, 5.41) is 25.6. The topological polar surface area (TPSA) is 138 Å². The van der Waals surface area contributed by atoms with Gasteiger partial charge in [-0.3, -0.25) is 14.4 Å². The van der Waals surface area contributed by atoms with E-state index in [1.165, 1.54) is 13.2 Å². The van der Waals surface area contributed by atoms with Crippen molar-refractivity contribution in [1.82, 2.24) is 10.6 Å². The first-order valence-electron chi connectivity index (χ1n) is 14.4. The van der Waals surface area contributed by atoms with Gasteiger partial charge >= 0.3 is 5.97 Å². The molecular weight excluding hydrogens is 510 g/mol. The van der Waals surface area contributed by atoms with Crippen LogP contribution < -0.4 is 20.1 Å². The highest BCUT2D eigenvalue weighted by Gasteiger charge is 2.52. The first-order valence-corrected chi connectivity index (χ1v) is 14.4. The maximum absolute atomic E-state index is 13.7. The van der Waals surface area contributed by atoms with Crippen LogP contribution >= 0.6 is 0 Å². The van der Waals surface area contributed by atoms with Crippen LogP contribution in [0.15, 0.2) is 12.1 Å². The third-order valence-electron chi connectivity index (χ3n) is 9.69. The smallest absolute Gasteiger partial charge is 0.309 e. The van der Waals surface area contributed by atoms with Crippen LogP contribution in [0.2, 0.25) is 0 Å². The molecule has 0 unspecified atom stereocenters. The van der Waals surface area contributed by atoms with E-state index < -0.39 is 11.4 Å². The van der Waals surface area contributed by atoms with Gasteiger partial charge < -0.3 is 25.2 Å². The van der Waals surface area contributed by atoms with Gasteiger partial charge in [-0.25, -0.2) is 0 Å². The molecule has 0 spiro atoms. The molecule has 0 radical (unpaired) electrons. The number of nitrogens with one attached hydrogen (secondary N) is 2. The lowest BCUT2D eigenvalue weighted by atomic mass is 9.75. The van der Waals surface area contributed by atoms with E-state index in [1.807, 2.05) is 6.92 Å². The molecule has 0 heterocycles. The molecule has 2 bridgehead atoms. The van der Waals surface area contributed by atoms with Crippen molar-refractivity contribution in [2.24, 2.45) is 28.6 Å². The monoisotopic (exact) mass is 553 g/mol. The Hall–Kier alpha value is -3.28. The number of hydrogen-bond donors (Lipinski definition) is 3. The van der Waals surface area contributed by atoms with Crippen LogP contribution in [0.5, 0.6) is 11.5 Å². The Morgan fingerprint density at radius 3 is 2.33 bits per heavy atom. The normalized spacial score (nSPS) is 30.2. The van der Waals surface area contributed by atoms with Gasteiger partial charge in [0.1, 0.15) is 17.6 Å².